The van der Waals surface area contributed by atoms with Gasteiger partial charge in [-0.05, 0) is 82.4 Å². The van der Waals surface area contributed by atoms with E-state index in [2.05, 4.69) is 49.8 Å². The molecule has 0 saturated carbocycles. The molecule has 0 fully saturated rings. The molecule has 10 heteroatoms. The summed E-state index contributed by atoms with van der Waals surface area (Å²) in [7, 11) is 0. The zero-order valence-electron chi connectivity index (χ0n) is 20.9. The summed E-state index contributed by atoms with van der Waals surface area (Å²) in [5.41, 5.74) is 4.07. The van der Waals surface area contributed by atoms with Gasteiger partial charge in [-0.2, -0.15) is 4.68 Å². The van der Waals surface area contributed by atoms with Crippen LogP contribution in [0.2, 0.25) is 0 Å². The van der Waals surface area contributed by atoms with Crippen molar-refractivity contribution in [1.29, 1.82) is 0 Å². The molecule has 2 heterocycles. The predicted molar refractivity (Wildman–Crippen MR) is 139 cm³/mol. The minimum Gasteiger partial charge on any atom is -0.490 e. The Hall–Kier alpha value is -3.40. The molecule has 0 amide bonds. The molecule has 36 heavy (non-hydrogen) atoms. The third kappa shape index (κ3) is 5.38. The molecule has 3 aromatic rings. The molecule has 0 bridgehead atoms. The number of nitrogens with zero attached hydrogens (tertiary/aromatic N) is 4. The van der Waals surface area contributed by atoms with Crippen molar-refractivity contribution >= 4 is 27.8 Å². The van der Waals surface area contributed by atoms with Crippen LogP contribution >= 0.6 is 15.9 Å². The molecule has 0 radical (unpaired) electrons. The Kier molecular flexibility index (Phi) is 8.25. The van der Waals surface area contributed by atoms with Gasteiger partial charge in [-0.25, -0.2) is 4.79 Å². The van der Waals surface area contributed by atoms with Crippen LogP contribution in [0.4, 0.5) is 5.95 Å². The number of carbonyl (C=O) groups is 1. The molecule has 1 aromatic heterocycles. The highest BCUT2D eigenvalue weighted by Crippen LogP contribution is 2.43. The second-order valence-corrected chi connectivity index (χ2v) is 9.34. The normalized spacial score (nSPS) is 14.8. The van der Waals surface area contributed by atoms with Crippen molar-refractivity contribution in [3.8, 4) is 11.5 Å². The topological polar surface area (TPSA) is 100 Å². The number of benzene rings is 2. The summed E-state index contributed by atoms with van der Waals surface area (Å²) in [5, 5.41) is 15.1. The fourth-order valence-corrected chi connectivity index (χ4v) is 4.62. The fraction of sp³-hybridized carbons (Fsp3) is 0.385. The van der Waals surface area contributed by atoms with Crippen molar-refractivity contribution in [2.75, 3.05) is 18.5 Å². The molecular weight excluding hydrogens is 526 g/mol. The minimum absolute atomic E-state index is 0.348. The van der Waals surface area contributed by atoms with Gasteiger partial charge in [0.25, 0.3) is 0 Å². The van der Waals surface area contributed by atoms with Crippen molar-refractivity contribution < 1.29 is 19.0 Å². The number of nitrogens with one attached hydrogen (secondary N) is 1. The maximum atomic E-state index is 13.2. The Balaban J connectivity index is 1.73. The molecule has 9 nitrogen and oxygen atoms in total. The number of unbranched alkanes of at least 4 members (excludes halogenated alkanes) is 1. The van der Waals surface area contributed by atoms with Crippen molar-refractivity contribution in [2.45, 2.75) is 53.2 Å². The summed E-state index contributed by atoms with van der Waals surface area (Å²) < 4.78 is 20.0. The van der Waals surface area contributed by atoms with E-state index in [4.69, 9.17) is 14.2 Å². The van der Waals surface area contributed by atoms with Crippen LogP contribution in [0, 0.1) is 6.92 Å². The summed E-state index contributed by atoms with van der Waals surface area (Å²) in [4.78, 5) is 13.2. The molecular formula is C26H30BrN5O4. The first-order valence-electron chi connectivity index (χ1n) is 12.0. The van der Waals surface area contributed by atoms with Crippen LogP contribution in [-0.4, -0.2) is 39.4 Å². The quantitative estimate of drug-likeness (QED) is 0.264. The van der Waals surface area contributed by atoms with Crippen LogP contribution in [0.5, 0.6) is 11.5 Å². The zero-order valence-corrected chi connectivity index (χ0v) is 22.5. The van der Waals surface area contributed by atoms with E-state index >= 15 is 0 Å². The van der Waals surface area contributed by atoms with Crippen LogP contribution < -0.4 is 14.8 Å². The van der Waals surface area contributed by atoms with E-state index in [1.54, 1.807) is 4.68 Å². The third-order valence-electron chi connectivity index (χ3n) is 5.95. The van der Waals surface area contributed by atoms with Gasteiger partial charge in [-0.1, -0.05) is 42.7 Å². The monoisotopic (exact) mass is 555 g/mol. The second-order valence-electron chi connectivity index (χ2n) is 8.48. The number of esters is 1. The highest BCUT2D eigenvalue weighted by Gasteiger charge is 2.36. The first-order chi connectivity index (χ1) is 17.4. The number of hydrogen-bond donors (Lipinski definition) is 1. The smallest absolute Gasteiger partial charge is 0.338 e. The molecule has 4 rings (SSSR count). The molecule has 2 aromatic carbocycles. The van der Waals surface area contributed by atoms with Gasteiger partial charge in [-0.3, -0.25) is 0 Å². The molecule has 0 spiro atoms. The number of ether oxygens (including phenoxy) is 3. The van der Waals surface area contributed by atoms with Crippen LogP contribution in [0.25, 0.3) is 0 Å². The Morgan fingerprint density at radius 2 is 1.97 bits per heavy atom. The number of carbonyl (C=O) groups excluding carboxylic acids is 1. The molecule has 1 unspecified atom stereocenters. The lowest BCUT2D eigenvalue weighted by Gasteiger charge is -2.28. The van der Waals surface area contributed by atoms with E-state index in [1.165, 1.54) is 0 Å². The van der Waals surface area contributed by atoms with Gasteiger partial charge in [0.05, 0.1) is 23.3 Å². The maximum Gasteiger partial charge on any atom is 0.338 e. The zero-order chi connectivity index (χ0) is 25.7. The van der Waals surface area contributed by atoms with Crippen LogP contribution in [0.1, 0.15) is 56.3 Å². The van der Waals surface area contributed by atoms with Crippen molar-refractivity contribution in [2.24, 2.45) is 0 Å². The average molecular weight is 556 g/mol. The van der Waals surface area contributed by atoms with Crippen LogP contribution in [0.3, 0.4) is 0 Å². The fourth-order valence-electron chi connectivity index (χ4n) is 4.04. The highest BCUT2D eigenvalue weighted by molar-refractivity contribution is 9.10. The lowest BCUT2D eigenvalue weighted by atomic mass is 9.95. The average Bonchev–Trinajstić information content (AvgIpc) is 3.31. The van der Waals surface area contributed by atoms with E-state index in [0.29, 0.717) is 53.0 Å². The number of hydrogen-bond acceptors (Lipinski definition) is 8. The number of rotatable bonds is 10. The van der Waals surface area contributed by atoms with Crippen LogP contribution in [-0.2, 0) is 16.1 Å². The Morgan fingerprint density at radius 3 is 2.72 bits per heavy atom. The third-order valence-corrected chi connectivity index (χ3v) is 6.53. The van der Waals surface area contributed by atoms with E-state index < -0.39 is 12.0 Å². The Bertz CT molecular complexity index is 1270. The summed E-state index contributed by atoms with van der Waals surface area (Å²) >= 11 is 3.67. The summed E-state index contributed by atoms with van der Waals surface area (Å²) in [6.45, 7) is 9.02. The standard InChI is InChI=1S/C26H30BrN5O4/c1-5-7-12-35-25(33)22-17(4)28-26-29-30-31-32(26)23(22)19-13-20(27)24(21(14-19)34-6-2)36-15-18-11-9-8-10-16(18)3/h8-11,13-14,23H,5-7,12,15H2,1-4H3,(H,28,29,31). The van der Waals surface area contributed by atoms with Gasteiger partial charge in [0.2, 0.25) is 5.95 Å². The second kappa shape index (κ2) is 11.6. The molecule has 1 N–H and O–H groups in total. The largest absolute Gasteiger partial charge is 0.490 e. The van der Waals surface area contributed by atoms with Gasteiger partial charge in [0.1, 0.15) is 12.6 Å². The van der Waals surface area contributed by atoms with Gasteiger partial charge < -0.3 is 19.5 Å². The minimum atomic E-state index is -0.605. The Labute approximate surface area is 218 Å². The van der Waals surface area contributed by atoms with Gasteiger partial charge in [0, 0.05) is 5.70 Å². The number of allylic oxidation sites excluding steroid dienone is 1. The molecule has 1 aliphatic rings. The summed E-state index contributed by atoms with van der Waals surface area (Å²) in [5.74, 6) is 1.17. The number of aryl methyl sites for hydroxylation is 1. The van der Waals surface area contributed by atoms with Crippen molar-refractivity contribution in [3.63, 3.8) is 0 Å². The molecule has 1 aliphatic heterocycles. The molecule has 190 valence electrons. The first kappa shape index (κ1) is 25.7. The van der Waals surface area contributed by atoms with Gasteiger partial charge in [-0.15, -0.1) is 0 Å². The maximum absolute atomic E-state index is 13.2. The highest BCUT2D eigenvalue weighted by atomic mass is 79.9. The number of halogens is 1. The number of fused-ring (bicyclic) bond motifs is 1. The molecule has 0 aliphatic carbocycles. The lowest BCUT2D eigenvalue weighted by molar-refractivity contribution is -0.139. The molecule has 1 atom stereocenters. The lowest BCUT2D eigenvalue weighted by Crippen LogP contribution is -2.30. The summed E-state index contributed by atoms with van der Waals surface area (Å²) in [6, 6.07) is 11.3. The SMILES string of the molecule is CCCCOC(=O)C1=C(C)Nc2nnnn2C1c1cc(Br)c(OCc2ccccc2C)c(OCC)c1. The van der Waals surface area contributed by atoms with Gasteiger partial charge >= 0.3 is 5.97 Å². The van der Waals surface area contributed by atoms with E-state index in [0.717, 1.165) is 29.5 Å². The number of tetrazole rings is 1. The number of anilines is 1. The van der Waals surface area contributed by atoms with Crippen molar-refractivity contribution in [3.05, 3.63) is 68.8 Å². The predicted octanol–water partition coefficient (Wildman–Crippen LogP) is 5.35. The first-order valence-corrected chi connectivity index (χ1v) is 12.8. The number of aromatic nitrogens is 4. The van der Waals surface area contributed by atoms with Crippen molar-refractivity contribution in [1.82, 2.24) is 20.2 Å². The van der Waals surface area contributed by atoms with E-state index in [9.17, 15) is 4.79 Å². The summed E-state index contributed by atoms with van der Waals surface area (Å²) in [6.07, 6.45) is 1.72. The van der Waals surface area contributed by atoms with E-state index in [1.807, 2.05) is 51.1 Å². The Morgan fingerprint density at radius 1 is 1.17 bits per heavy atom. The molecule has 0 saturated heterocycles. The van der Waals surface area contributed by atoms with E-state index in [-0.39, 0.29) is 0 Å². The van der Waals surface area contributed by atoms with Crippen LogP contribution in [0.15, 0.2) is 52.1 Å². The van der Waals surface area contributed by atoms with Gasteiger partial charge in [0.15, 0.2) is 11.5 Å².